The Balaban J connectivity index is 1.83. The number of rotatable bonds is 4. The highest BCUT2D eigenvalue weighted by molar-refractivity contribution is 4.79. The fourth-order valence-electron chi connectivity index (χ4n) is 1.06. The second-order valence-corrected chi connectivity index (χ2v) is 2.73. The monoisotopic (exact) mass is 127 g/mol. The SMILES string of the molecule is [CH2]CCCCC1OC1C. The van der Waals surface area contributed by atoms with E-state index in [0.29, 0.717) is 12.2 Å². The summed E-state index contributed by atoms with van der Waals surface area (Å²) in [7, 11) is 0. The topological polar surface area (TPSA) is 12.5 Å². The molecule has 1 radical (unpaired) electrons. The largest absolute Gasteiger partial charge is 0.370 e. The van der Waals surface area contributed by atoms with Crippen LogP contribution in [0, 0.1) is 6.92 Å². The van der Waals surface area contributed by atoms with E-state index in [9.17, 15) is 0 Å². The normalized spacial score (nSPS) is 32.7. The van der Waals surface area contributed by atoms with E-state index < -0.39 is 0 Å². The molecule has 1 nitrogen and oxygen atoms in total. The van der Waals surface area contributed by atoms with Crippen LogP contribution in [0.25, 0.3) is 0 Å². The summed E-state index contributed by atoms with van der Waals surface area (Å²) in [6.45, 7) is 5.91. The van der Waals surface area contributed by atoms with E-state index in [1.54, 1.807) is 0 Å². The maximum absolute atomic E-state index is 5.24. The molecule has 0 aromatic heterocycles. The number of unbranched alkanes of at least 4 members (excludes halogenated alkanes) is 2. The van der Waals surface area contributed by atoms with E-state index in [-0.39, 0.29) is 0 Å². The van der Waals surface area contributed by atoms with Gasteiger partial charge in [-0.2, -0.15) is 0 Å². The molecule has 53 valence electrons. The molecule has 2 atom stereocenters. The zero-order valence-corrected chi connectivity index (χ0v) is 6.10. The predicted octanol–water partition coefficient (Wildman–Crippen LogP) is 2.17. The van der Waals surface area contributed by atoms with E-state index in [1.165, 1.54) is 19.3 Å². The van der Waals surface area contributed by atoms with E-state index >= 15 is 0 Å². The Morgan fingerprint density at radius 1 is 1.44 bits per heavy atom. The van der Waals surface area contributed by atoms with Gasteiger partial charge >= 0.3 is 0 Å². The van der Waals surface area contributed by atoms with Crippen molar-refractivity contribution in [1.82, 2.24) is 0 Å². The molecule has 0 amide bonds. The molecule has 1 fully saturated rings. The lowest BCUT2D eigenvalue weighted by atomic mass is 10.1. The lowest BCUT2D eigenvalue weighted by molar-refractivity contribution is 0.366. The van der Waals surface area contributed by atoms with Crippen LogP contribution in [0.3, 0.4) is 0 Å². The second kappa shape index (κ2) is 3.21. The third kappa shape index (κ3) is 2.35. The fraction of sp³-hybridized carbons (Fsp3) is 0.875. The van der Waals surface area contributed by atoms with Gasteiger partial charge in [-0.05, 0) is 13.3 Å². The summed E-state index contributed by atoms with van der Waals surface area (Å²) >= 11 is 0. The fourth-order valence-corrected chi connectivity index (χ4v) is 1.06. The number of epoxide rings is 1. The van der Waals surface area contributed by atoms with Gasteiger partial charge in [0.15, 0.2) is 0 Å². The van der Waals surface area contributed by atoms with E-state index in [4.69, 9.17) is 4.74 Å². The minimum atomic E-state index is 0.551. The summed E-state index contributed by atoms with van der Waals surface area (Å²) in [5, 5.41) is 0. The van der Waals surface area contributed by atoms with Gasteiger partial charge in [-0.25, -0.2) is 0 Å². The summed E-state index contributed by atoms with van der Waals surface area (Å²) in [5.74, 6) is 0. The smallest absolute Gasteiger partial charge is 0.0839 e. The molecule has 0 aliphatic carbocycles. The molecular formula is C8H15O. The van der Waals surface area contributed by atoms with Crippen molar-refractivity contribution in [2.45, 2.75) is 44.8 Å². The lowest BCUT2D eigenvalue weighted by Crippen LogP contribution is -1.88. The highest BCUT2D eigenvalue weighted by atomic mass is 16.6. The molecule has 2 unspecified atom stereocenters. The van der Waals surface area contributed by atoms with Crippen molar-refractivity contribution in [2.24, 2.45) is 0 Å². The van der Waals surface area contributed by atoms with E-state index in [1.807, 2.05) is 0 Å². The zero-order chi connectivity index (χ0) is 6.69. The molecule has 1 saturated heterocycles. The van der Waals surface area contributed by atoms with Crippen molar-refractivity contribution in [2.75, 3.05) is 0 Å². The van der Waals surface area contributed by atoms with Crippen LogP contribution in [0.5, 0.6) is 0 Å². The van der Waals surface area contributed by atoms with Crippen LogP contribution in [0.4, 0.5) is 0 Å². The van der Waals surface area contributed by atoms with Gasteiger partial charge in [0, 0.05) is 0 Å². The van der Waals surface area contributed by atoms with Crippen molar-refractivity contribution in [3.8, 4) is 0 Å². The molecule has 0 saturated carbocycles. The molecule has 0 spiro atoms. The second-order valence-electron chi connectivity index (χ2n) is 2.73. The molecule has 0 bridgehead atoms. The van der Waals surface area contributed by atoms with Crippen molar-refractivity contribution < 1.29 is 4.74 Å². The maximum Gasteiger partial charge on any atom is 0.0839 e. The quantitative estimate of drug-likeness (QED) is 0.416. The summed E-state index contributed by atoms with van der Waals surface area (Å²) in [6.07, 6.45) is 6.01. The number of hydrogen-bond acceptors (Lipinski definition) is 1. The molecule has 0 aromatic rings. The van der Waals surface area contributed by atoms with Gasteiger partial charge in [-0.15, -0.1) is 0 Å². The van der Waals surface area contributed by atoms with Crippen LogP contribution in [0.15, 0.2) is 0 Å². The summed E-state index contributed by atoms with van der Waals surface area (Å²) < 4.78 is 5.24. The minimum Gasteiger partial charge on any atom is -0.370 e. The summed E-state index contributed by atoms with van der Waals surface area (Å²) in [5.41, 5.74) is 0. The van der Waals surface area contributed by atoms with E-state index in [0.717, 1.165) is 6.42 Å². The number of ether oxygens (including phenoxy) is 1. The molecule has 1 aliphatic heterocycles. The van der Waals surface area contributed by atoms with Gasteiger partial charge in [-0.1, -0.05) is 26.2 Å². The van der Waals surface area contributed by atoms with Crippen molar-refractivity contribution >= 4 is 0 Å². The third-order valence-corrected chi connectivity index (χ3v) is 1.83. The van der Waals surface area contributed by atoms with Crippen LogP contribution in [-0.4, -0.2) is 12.2 Å². The predicted molar refractivity (Wildman–Crippen MR) is 38.2 cm³/mol. The van der Waals surface area contributed by atoms with Crippen LogP contribution < -0.4 is 0 Å². The molecule has 1 heteroatoms. The van der Waals surface area contributed by atoms with Gasteiger partial charge in [0.1, 0.15) is 0 Å². The van der Waals surface area contributed by atoms with Gasteiger partial charge < -0.3 is 4.74 Å². The molecule has 1 rings (SSSR count). The average Bonchev–Trinajstić information content (AvgIpc) is 2.48. The molecule has 9 heavy (non-hydrogen) atoms. The summed E-state index contributed by atoms with van der Waals surface area (Å²) in [6, 6.07) is 0. The highest BCUT2D eigenvalue weighted by Crippen LogP contribution is 2.26. The van der Waals surface area contributed by atoms with Gasteiger partial charge in [0.25, 0.3) is 0 Å². The Morgan fingerprint density at radius 2 is 2.11 bits per heavy atom. The standard InChI is InChI=1S/C8H15O/c1-3-4-5-6-8-7(2)9-8/h7-8H,1,3-6H2,2H3. The Bertz CT molecular complexity index is 80.6. The molecule has 1 heterocycles. The van der Waals surface area contributed by atoms with Gasteiger partial charge in [-0.3, -0.25) is 0 Å². The Kier molecular flexibility index (Phi) is 2.52. The Hall–Kier alpha value is -0.0400. The zero-order valence-electron chi connectivity index (χ0n) is 6.10. The van der Waals surface area contributed by atoms with Crippen LogP contribution in [-0.2, 0) is 4.74 Å². The average molecular weight is 127 g/mol. The lowest BCUT2D eigenvalue weighted by Gasteiger charge is -1.91. The van der Waals surface area contributed by atoms with Crippen LogP contribution in [0.1, 0.15) is 32.6 Å². The van der Waals surface area contributed by atoms with Crippen LogP contribution in [0.2, 0.25) is 0 Å². The first-order chi connectivity index (χ1) is 4.34. The first kappa shape index (κ1) is 7.07. The van der Waals surface area contributed by atoms with Gasteiger partial charge in [0.2, 0.25) is 0 Å². The highest BCUT2D eigenvalue weighted by Gasteiger charge is 2.32. The Morgan fingerprint density at radius 3 is 2.56 bits per heavy atom. The van der Waals surface area contributed by atoms with Crippen molar-refractivity contribution in [3.05, 3.63) is 6.92 Å². The van der Waals surface area contributed by atoms with Crippen molar-refractivity contribution in [3.63, 3.8) is 0 Å². The van der Waals surface area contributed by atoms with Crippen LogP contribution >= 0.6 is 0 Å². The van der Waals surface area contributed by atoms with Crippen molar-refractivity contribution in [1.29, 1.82) is 0 Å². The molecular weight excluding hydrogens is 112 g/mol. The number of hydrogen-bond donors (Lipinski definition) is 0. The molecule has 0 aromatic carbocycles. The summed E-state index contributed by atoms with van der Waals surface area (Å²) in [4.78, 5) is 0. The van der Waals surface area contributed by atoms with Gasteiger partial charge in [0.05, 0.1) is 12.2 Å². The molecule has 1 aliphatic rings. The molecule has 0 N–H and O–H groups in total. The maximum atomic E-state index is 5.24. The third-order valence-electron chi connectivity index (χ3n) is 1.83. The van der Waals surface area contributed by atoms with E-state index in [2.05, 4.69) is 13.8 Å². The minimum absolute atomic E-state index is 0.551. The first-order valence-electron chi connectivity index (χ1n) is 3.79. The Labute approximate surface area is 57.4 Å². The first-order valence-corrected chi connectivity index (χ1v) is 3.79.